The molecule has 3 heterocycles. The van der Waals surface area contributed by atoms with Crippen molar-refractivity contribution < 1.29 is 9.53 Å². The molecule has 2 aliphatic rings. The van der Waals surface area contributed by atoms with Crippen LogP contribution in [0.1, 0.15) is 48.5 Å². The fraction of sp³-hybridized carbons (Fsp3) is 0.565. The first-order valence-corrected chi connectivity index (χ1v) is 11.1. The van der Waals surface area contributed by atoms with E-state index in [-0.39, 0.29) is 5.91 Å². The second-order valence-electron chi connectivity index (χ2n) is 8.66. The quantitative estimate of drug-likeness (QED) is 0.654. The zero-order valence-electron chi connectivity index (χ0n) is 18.0. The van der Waals surface area contributed by atoms with Gasteiger partial charge in [-0.1, -0.05) is 11.6 Å². The molecule has 0 radical (unpaired) electrons. The van der Waals surface area contributed by atoms with Gasteiger partial charge in [-0.15, -0.1) is 0 Å². The van der Waals surface area contributed by atoms with Gasteiger partial charge in [0.15, 0.2) is 0 Å². The third-order valence-electron chi connectivity index (χ3n) is 5.98. The van der Waals surface area contributed by atoms with Crippen molar-refractivity contribution in [2.24, 2.45) is 5.73 Å². The summed E-state index contributed by atoms with van der Waals surface area (Å²) in [5.74, 6) is 0.583. The monoisotopic (exact) mass is 411 g/mol. The molecule has 2 unspecified atom stereocenters. The van der Waals surface area contributed by atoms with Gasteiger partial charge in [0.2, 0.25) is 0 Å². The Bertz CT molecular complexity index is 887. The molecule has 4 rings (SSSR count). The van der Waals surface area contributed by atoms with Crippen LogP contribution in [0.25, 0.3) is 10.9 Å². The second kappa shape index (κ2) is 9.29. The minimum absolute atomic E-state index is 0.171. The first kappa shape index (κ1) is 21.0. The lowest BCUT2D eigenvalue weighted by Crippen LogP contribution is -2.49. The fourth-order valence-corrected chi connectivity index (χ4v) is 4.44. The predicted molar refractivity (Wildman–Crippen MR) is 120 cm³/mol. The highest BCUT2D eigenvalue weighted by atomic mass is 16.5. The Hall–Kier alpha value is -2.22. The van der Waals surface area contributed by atoms with E-state index in [2.05, 4.69) is 27.7 Å². The topological polar surface area (TPSA) is 92.5 Å². The van der Waals surface area contributed by atoms with Gasteiger partial charge in [0.05, 0.1) is 23.9 Å². The molecule has 2 aromatic rings. The van der Waals surface area contributed by atoms with Crippen molar-refractivity contribution in [3.05, 3.63) is 35.4 Å². The van der Waals surface area contributed by atoms with Gasteiger partial charge in [0, 0.05) is 37.2 Å². The number of piperidine rings is 1. The smallest absolute Gasteiger partial charge is 0.256 e. The number of aromatic nitrogens is 1. The number of amides is 1. The van der Waals surface area contributed by atoms with E-state index in [1.807, 2.05) is 19.1 Å². The van der Waals surface area contributed by atoms with Crippen molar-refractivity contribution in [1.82, 2.24) is 15.6 Å². The second-order valence-corrected chi connectivity index (χ2v) is 8.66. The van der Waals surface area contributed by atoms with Crippen molar-refractivity contribution in [2.45, 2.75) is 57.8 Å². The summed E-state index contributed by atoms with van der Waals surface area (Å²) in [6.45, 7) is 7.25. The summed E-state index contributed by atoms with van der Waals surface area (Å²) in [5, 5.41) is 7.56. The van der Waals surface area contributed by atoms with Crippen LogP contribution in [0, 0.1) is 6.92 Å². The summed E-state index contributed by atoms with van der Waals surface area (Å²) in [5.41, 5.74) is 8.47. The minimum Gasteiger partial charge on any atom is -0.380 e. The van der Waals surface area contributed by atoms with Crippen molar-refractivity contribution >= 4 is 22.6 Å². The molecule has 7 nitrogen and oxygen atoms in total. The maximum Gasteiger partial charge on any atom is 0.256 e. The number of pyridine rings is 1. The number of aryl methyl sites for hydroxylation is 1. The Labute approximate surface area is 178 Å². The largest absolute Gasteiger partial charge is 0.380 e. The molecule has 2 aliphatic heterocycles. The van der Waals surface area contributed by atoms with Gasteiger partial charge in [-0.3, -0.25) is 4.79 Å². The third-order valence-corrected chi connectivity index (χ3v) is 5.98. The van der Waals surface area contributed by atoms with Crippen molar-refractivity contribution in [3.63, 3.8) is 0 Å². The number of carbonyl (C=O) groups excluding carboxylic acids is 1. The molecule has 0 saturated carbocycles. The molecule has 2 saturated heterocycles. The number of nitrogens with one attached hydrogen (secondary N) is 2. The van der Waals surface area contributed by atoms with E-state index in [0.717, 1.165) is 67.8 Å². The highest BCUT2D eigenvalue weighted by molar-refractivity contribution is 6.02. The number of hydrogen-bond donors (Lipinski definition) is 3. The summed E-state index contributed by atoms with van der Waals surface area (Å²) in [6.07, 6.45) is 3.96. The zero-order valence-corrected chi connectivity index (χ0v) is 18.0. The molecule has 2 atom stereocenters. The Morgan fingerprint density at radius 2 is 2.03 bits per heavy atom. The summed E-state index contributed by atoms with van der Waals surface area (Å²) in [4.78, 5) is 20.0. The van der Waals surface area contributed by atoms with Crippen LogP contribution in [0.15, 0.2) is 24.3 Å². The fourth-order valence-electron chi connectivity index (χ4n) is 4.44. The first-order chi connectivity index (χ1) is 14.5. The highest BCUT2D eigenvalue weighted by Gasteiger charge is 2.26. The average Bonchev–Trinajstić information content (AvgIpc) is 2.73. The van der Waals surface area contributed by atoms with Gasteiger partial charge in [0.1, 0.15) is 5.82 Å². The Morgan fingerprint density at radius 3 is 2.73 bits per heavy atom. The normalized spacial score (nSPS) is 21.6. The van der Waals surface area contributed by atoms with Crippen LogP contribution in [0.5, 0.6) is 0 Å². The maximum atomic E-state index is 12.9. The van der Waals surface area contributed by atoms with E-state index in [1.54, 1.807) is 6.92 Å². The maximum absolute atomic E-state index is 12.9. The van der Waals surface area contributed by atoms with E-state index in [1.165, 1.54) is 6.42 Å². The van der Waals surface area contributed by atoms with Crippen molar-refractivity contribution in [1.29, 1.82) is 0 Å². The lowest BCUT2D eigenvalue weighted by molar-refractivity contribution is 0.0650. The van der Waals surface area contributed by atoms with Gasteiger partial charge in [-0.2, -0.15) is 0 Å². The van der Waals surface area contributed by atoms with Crippen molar-refractivity contribution in [3.8, 4) is 0 Å². The molecule has 30 heavy (non-hydrogen) atoms. The number of rotatable bonds is 5. The molecular weight excluding hydrogens is 378 g/mol. The lowest BCUT2D eigenvalue weighted by atomic mass is 10.0. The van der Waals surface area contributed by atoms with Crippen LogP contribution >= 0.6 is 0 Å². The number of fused-ring (bicyclic) bond motifs is 1. The molecular formula is C23H33N5O2. The molecule has 2 fully saturated rings. The Morgan fingerprint density at radius 1 is 1.23 bits per heavy atom. The number of carbonyl (C=O) groups is 1. The molecule has 0 spiro atoms. The summed E-state index contributed by atoms with van der Waals surface area (Å²) >= 11 is 0. The van der Waals surface area contributed by atoms with Crippen LogP contribution in [0.2, 0.25) is 0 Å². The number of anilines is 1. The summed E-state index contributed by atoms with van der Waals surface area (Å²) in [6, 6.07) is 9.05. The molecule has 0 aliphatic carbocycles. The van der Waals surface area contributed by atoms with Crippen LogP contribution in [-0.4, -0.2) is 55.4 Å². The molecule has 1 amide bonds. The first-order valence-electron chi connectivity index (χ1n) is 11.1. The van der Waals surface area contributed by atoms with Crippen molar-refractivity contribution in [2.75, 3.05) is 31.2 Å². The number of hydrogen-bond acceptors (Lipinski definition) is 6. The van der Waals surface area contributed by atoms with E-state index < -0.39 is 6.17 Å². The van der Waals surface area contributed by atoms with Crippen LogP contribution in [0.3, 0.4) is 0 Å². The van der Waals surface area contributed by atoms with Crippen LogP contribution in [0.4, 0.5) is 5.82 Å². The van der Waals surface area contributed by atoms with Gasteiger partial charge in [0.25, 0.3) is 5.91 Å². The van der Waals surface area contributed by atoms with E-state index in [4.69, 9.17) is 15.5 Å². The molecule has 1 aromatic carbocycles. The van der Waals surface area contributed by atoms with E-state index >= 15 is 0 Å². The number of ether oxygens (including phenoxy) is 1. The Kier molecular flexibility index (Phi) is 6.51. The average molecular weight is 412 g/mol. The number of benzene rings is 1. The van der Waals surface area contributed by atoms with E-state index in [9.17, 15) is 4.79 Å². The third kappa shape index (κ3) is 4.91. The molecule has 7 heteroatoms. The summed E-state index contributed by atoms with van der Waals surface area (Å²) in [7, 11) is 0. The number of nitrogens with two attached hydrogens (primary N) is 1. The van der Waals surface area contributed by atoms with Crippen LogP contribution in [-0.2, 0) is 4.74 Å². The zero-order chi connectivity index (χ0) is 21.1. The SMILES string of the molecule is Cc1ccc2nc(N3CCC(NC4CCCOC4)CC3)c(C(=O)NC(C)N)cc2c1. The van der Waals surface area contributed by atoms with E-state index in [0.29, 0.717) is 17.6 Å². The van der Waals surface area contributed by atoms with Gasteiger partial charge in [-0.25, -0.2) is 4.98 Å². The minimum atomic E-state index is -0.411. The summed E-state index contributed by atoms with van der Waals surface area (Å²) < 4.78 is 5.60. The molecule has 4 N–H and O–H groups in total. The van der Waals surface area contributed by atoms with Gasteiger partial charge < -0.3 is 26.0 Å². The molecule has 0 bridgehead atoms. The molecule has 162 valence electrons. The van der Waals surface area contributed by atoms with Crippen LogP contribution < -0.4 is 21.3 Å². The highest BCUT2D eigenvalue weighted by Crippen LogP contribution is 2.27. The molecule has 1 aromatic heterocycles. The standard InChI is InChI=1S/C23H33N5O2/c1-15-5-6-21-17(12-15)13-20(23(29)25-16(2)24)22(27-21)28-9-7-18(8-10-28)26-19-4-3-11-30-14-19/h5-6,12-13,16,18-19,26H,3-4,7-11,14,24H2,1-2H3,(H,25,29). The van der Waals surface area contributed by atoms with Gasteiger partial charge in [-0.05, 0) is 57.7 Å². The lowest BCUT2D eigenvalue weighted by Gasteiger charge is -2.36. The predicted octanol–water partition coefficient (Wildman–Crippen LogP) is 2.32. The van der Waals surface area contributed by atoms with Gasteiger partial charge >= 0.3 is 0 Å². The Balaban J connectivity index is 1.53. The number of nitrogens with zero attached hydrogens (tertiary/aromatic N) is 2.